The first-order valence-electron chi connectivity index (χ1n) is 7.87. The lowest BCUT2D eigenvalue weighted by atomic mass is 10.2. The van der Waals surface area contributed by atoms with Crippen LogP contribution in [0.5, 0.6) is 5.88 Å². The Balaban J connectivity index is 1.69. The van der Waals surface area contributed by atoms with Gasteiger partial charge in [0.25, 0.3) is 0 Å². The zero-order valence-corrected chi connectivity index (χ0v) is 13.8. The van der Waals surface area contributed by atoms with Crippen molar-refractivity contribution in [1.29, 1.82) is 0 Å². The average Bonchev–Trinajstić information content (AvgIpc) is 3.28. The summed E-state index contributed by atoms with van der Waals surface area (Å²) in [5.41, 5.74) is 2.98. The number of hydrogen-bond acceptors (Lipinski definition) is 6. The van der Waals surface area contributed by atoms with Crippen LogP contribution in [0, 0.1) is 6.92 Å². The Bertz CT molecular complexity index is 948. The minimum Gasteiger partial charge on any atom is -0.471 e. The van der Waals surface area contributed by atoms with Gasteiger partial charge in [-0.3, -0.25) is 5.10 Å². The Morgan fingerprint density at radius 1 is 1.44 bits per heavy atom. The summed E-state index contributed by atoms with van der Waals surface area (Å²) in [7, 11) is 1.87. The van der Waals surface area contributed by atoms with Gasteiger partial charge in [-0.1, -0.05) is 0 Å². The van der Waals surface area contributed by atoms with Gasteiger partial charge in [-0.15, -0.1) is 0 Å². The largest absolute Gasteiger partial charge is 0.471 e. The number of imidazole rings is 1. The lowest BCUT2D eigenvalue weighted by Gasteiger charge is -2.13. The van der Waals surface area contributed by atoms with Crippen molar-refractivity contribution in [2.45, 2.75) is 19.4 Å². The number of H-pyrrole nitrogens is 1. The van der Waals surface area contributed by atoms with Crippen LogP contribution in [0.25, 0.3) is 22.6 Å². The number of hydrogen-bond donors (Lipinski definition) is 2. The van der Waals surface area contributed by atoms with Crippen molar-refractivity contribution in [3.8, 4) is 17.3 Å². The molecule has 0 bridgehead atoms. The summed E-state index contributed by atoms with van der Waals surface area (Å²) in [4.78, 5) is 25.5. The fourth-order valence-corrected chi connectivity index (χ4v) is 3.04. The van der Waals surface area contributed by atoms with Gasteiger partial charge in [0.15, 0.2) is 11.2 Å². The third-order valence-electron chi connectivity index (χ3n) is 4.39. The van der Waals surface area contributed by atoms with E-state index in [1.54, 1.807) is 6.20 Å². The second kappa shape index (κ2) is 5.72. The number of likely N-dealkylation sites (tertiary alicyclic amines) is 1. The van der Waals surface area contributed by atoms with Gasteiger partial charge in [0.1, 0.15) is 18.3 Å². The number of ether oxygens (including phenoxy) is 1. The van der Waals surface area contributed by atoms with Crippen LogP contribution in [-0.4, -0.2) is 65.0 Å². The number of aromatic nitrogens is 6. The first-order valence-corrected chi connectivity index (χ1v) is 7.87. The maximum absolute atomic E-state index is 11.0. The second-order valence-electron chi connectivity index (χ2n) is 6.01. The van der Waals surface area contributed by atoms with Gasteiger partial charge in [-0.25, -0.2) is 14.8 Å². The molecule has 1 fully saturated rings. The minimum absolute atomic E-state index is 0.240. The molecule has 0 aliphatic carbocycles. The third-order valence-corrected chi connectivity index (χ3v) is 4.39. The summed E-state index contributed by atoms with van der Waals surface area (Å²) in [6.45, 7) is 2.70. The molecular weight excluding hydrogens is 326 g/mol. The van der Waals surface area contributed by atoms with E-state index in [0.717, 1.165) is 11.3 Å². The van der Waals surface area contributed by atoms with E-state index in [0.29, 0.717) is 42.4 Å². The van der Waals surface area contributed by atoms with Gasteiger partial charge in [0.05, 0.1) is 18.3 Å². The van der Waals surface area contributed by atoms with Crippen molar-refractivity contribution in [1.82, 2.24) is 34.6 Å². The van der Waals surface area contributed by atoms with Crippen LogP contribution in [-0.2, 0) is 7.05 Å². The molecule has 3 aromatic rings. The van der Waals surface area contributed by atoms with Crippen LogP contribution < -0.4 is 4.74 Å². The summed E-state index contributed by atoms with van der Waals surface area (Å²) in [5, 5.41) is 16.0. The standard InChI is InChI=1S/C15H17N7O3/c1-8-10(5-18-20-8)12-19-11-13(21(12)2)16-7-17-14(11)25-9-3-4-22(6-9)15(23)24/h5,7,9H,3-4,6H2,1-2H3,(H,18,20)(H,23,24). The zero-order chi connectivity index (χ0) is 17.6. The predicted molar refractivity (Wildman–Crippen MR) is 87.3 cm³/mol. The molecule has 1 aliphatic heterocycles. The fraction of sp³-hybridized carbons (Fsp3) is 0.400. The molecule has 1 unspecified atom stereocenters. The molecule has 0 aromatic carbocycles. The molecule has 1 aliphatic rings. The first kappa shape index (κ1) is 15.4. The quantitative estimate of drug-likeness (QED) is 0.732. The zero-order valence-electron chi connectivity index (χ0n) is 13.8. The summed E-state index contributed by atoms with van der Waals surface area (Å²) in [6.07, 6.45) is 2.59. The molecule has 4 heterocycles. The summed E-state index contributed by atoms with van der Waals surface area (Å²) in [5.74, 6) is 1.08. The van der Waals surface area contributed by atoms with Crippen molar-refractivity contribution in [3.63, 3.8) is 0 Å². The molecule has 0 saturated carbocycles. The molecule has 1 saturated heterocycles. The van der Waals surface area contributed by atoms with Crippen LogP contribution in [0.4, 0.5) is 4.79 Å². The molecule has 10 heteroatoms. The van der Waals surface area contributed by atoms with Gasteiger partial charge >= 0.3 is 6.09 Å². The predicted octanol–water partition coefficient (Wildman–Crippen LogP) is 1.19. The van der Waals surface area contributed by atoms with E-state index in [2.05, 4.69) is 25.1 Å². The van der Waals surface area contributed by atoms with Crippen LogP contribution in [0.1, 0.15) is 12.1 Å². The maximum atomic E-state index is 11.0. The van der Waals surface area contributed by atoms with E-state index in [9.17, 15) is 4.79 Å². The summed E-state index contributed by atoms with van der Waals surface area (Å²) >= 11 is 0. The minimum atomic E-state index is -0.936. The Hall–Kier alpha value is -3.17. The SMILES string of the molecule is Cc1[nH]ncc1-c1nc2c(OC3CCN(C(=O)O)C3)ncnc2n1C. The smallest absolute Gasteiger partial charge is 0.407 e. The molecule has 4 rings (SSSR count). The molecule has 1 atom stereocenters. The number of aromatic amines is 1. The average molecular weight is 343 g/mol. The van der Waals surface area contributed by atoms with Crippen molar-refractivity contribution >= 4 is 17.3 Å². The Kier molecular flexibility index (Phi) is 3.52. The number of carbonyl (C=O) groups is 1. The number of nitrogens with zero attached hydrogens (tertiary/aromatic N) is 6. The first-order chi connectivity index (χ1) is 12.0. The number of nitrogens with one attached hydrogen (secondary N) is 1. The highest BCUT2D eigenvalue weighted by Gasteiger charge is 2.29. The molecule has 1 amide bonds. The highest BCUT2D eigenvalue weighted by molar-refractivity contribution is 5.81. The van der Waals surface area contributed by atoms with E-state index < -0.39 is 6.09 Å². The van der Waals surface area contributed by atoms with Crippen LogP contribution in [0.2, 0.25) is 0 Å². The van der Waals surface area contributed by atoms with Gasteiger partial charge < -0.3 is 19.3 Å². The number of rotatable bonds is 3. The number of fused-ring (bicyclic) bond motifs is 1. The van der Waals surface area contributed by atoms with E-state index in [-0.39, 0.29) is 6.10 Å². The van der Waals surface area contributed by atoms with Crippen molar-refractivity contribution < 1.29 is 14.6 Å². The lowest BCUT2D eigenvalue weighted by Crippen LogP contribution is -2.29. The van der Waals surface area contributed by atoms with Gasteiger partial charge in [-0.2, -0.15) is 10.1 Å². The van der Waals surface area contributed by atoms with Crippen molar-refractivity contribution in [2.75, 3.05) is 13.1 Å². The second-order valence-corrected chi connectivity index (χ2v) is 6.01. The van der Waals surface area contributed by atoms with Gasteiger partial charge in [0, 0.05) is 25.7 Å². The van der Waals surface area contributed by atoms with Crippen LogP contribution in [0.15, 0.2) is 12.5 Å². The van der Waals surface area contributed by atoms with E-state index >= 15 is 0 Å². The Labute approximate surface area is 142 Å². The molecule has 0 spiro atoms. The molecular formula is C15H17N7O3. The van der Waals surface area contributed by atoms with Crippen LogP contribution >= 0.6 is 0 Å². The Morgan fingerprint density at radius 2 is 2.28 bits per heavy atom. The summed E-state index contributed by atoms with van der Waals surface area (Å²) < 4.78 is 7.79. The molecule has 130 valence electrons. The molecule has 10 nitrogen and oxygen atoms in total. The molecule has 2 N–H and O–H groups in total. The van der Waals surface area contributed by atoms with E-state index in [1.807, 2.05) is 18.5 Å². The Morgan fingerprint density at radius 3 is 2.96 bits per heavy atom. The fourth-order valence-electron chi connectivity index (χ4n) is 3.04. The maximum Gasteiger partial charge on any atom is 0.407 e. The molecule has 3 aromatic heterocycles. The van der Waals surface area contributed by atoms with E-state index in [4.69, 9.17) is 9.84 Å². The monoisotopic (exact) mass is 343 g/mol. The summed E-state index contributed by atoms with van der Waals surface area (Å²) in [6, 6.07) is 0. The molecule has 0 radical (unpaired) electrons. The molecule has 25 heavy (non-hydrogen) atoms. The number of carboxylic acid groups (broad SMARTS) is 1. The highest BCUT2D eigenvalue weighted by atomic mass is 16.5. The lowest BCUT2D eigenvalue weighted by molar-refractivity contribution is 0.145. The topological polar surface area (TPSA) is 122 Å². The highest BCUT2D eigenvalue weighted by Crippen LogP contribution is 2.29. The van der Waals surface area contributed by atoms with Gasteiger partial charge in [0.2, 0.25) is 5.88 Å². The number of aryl methyl sites for hydroxylation is 2. The normalized spacial score (nSPS) is 17.4. The van der Waals surface area contributed by atoms with Gasteiger partial charge in [-0.05, 0) is 6.92 Å². The third kappa shape index (κ3) is 2.55. The number of amides is 1. The van der Waals surface area contributed by atoms with E-state index in [1.165, 1.54) is 11.2 Å². The van der Waals surface area contributed by atoms with Crippen molar-refractivity contribution in [3.05, 3.63) is 18.2 Å². The van der Waals surface area contributed by atoms with Crippen LogP contribution in [0.3, 0.4) is 0 Å². The van der Waals surface area contributed by atoms with Crippen molar-refractivity contribution in [2.24, 2.45) is 7.05 Å².